The summed E-state index contributed by atoms with van der Waals surface area (Å²) < 4.78 is 14.5. The zero-order valence-corrected chi connectivity index (χ0v) is 15.6. The van der Waals surface area contributed by atoms with Crippen LogP contribution in [-0.2, 0) is 10.3 Å². The summed E-state index contributed by atoms with van der Waals surface area (Å²) in [7, 11) is 0. The van der Waals surface area contributed by atoms with Gasteiger partial charge in [0.15, 0.2) is 0 Å². The van der Waals surface area contributed by atoms with Gasteiger partial charge in [-0.05, 0) is 32.0 Å². The standard InChI is InChI=1S/C20H17FN4O4/c1-20(2,19(27)22-14-8-9-15(21)17(12-14)25(28)29)24-18(26)11-10-16(23-24)13-6-4-3-5-7-13/h3-12H,1-2H3,(H,22,27). The molecule has 0 unspecified atom stereocenters. The first kappa shape index (κ1) is 19.9. The van der Waals surface area contributed by atoms with Crippen LogP contribution in [0.25, 0.3) is 11.3 Å². The number of nitrogens with one attached hydrogen (secondary N) is 1. The zero-order valence-electron chi connectivity index (χ0n) is 15.6. The molecule has 0 aliphatic carbocycles. The predicted molar refractivity (Wildman–Crippen MR) is 105 cm³/mol. The average molecular weight is 396 g/mol. The number of benzene rings is 2. The second kappa shape index (κ2) is 7.63. The lowest BCUT2D eigenvalue weighted by molar-refractivity contribution is -0.387. The van der Waals surface area contributed by atoms with E-state index in [9.17, 15) is 24.1 Å². The molecule has 3 rings (SSSR count). The highest BCUT2D eigenvalue weighted by molar-refractivity contribution is 5.96. The Balaban J connectivity index is 1.94. The molecule has 8 nitrogen and oxygen atoms in total. The highest BCUT2D eigenvalue weighted by atomic mass is 19.1. The SMILES string of the molecule is CC(C)(C(=O)Nc1ccc(F)c([N+](=O)[O-])c1)n1nc(-c2ccccc2)ccc1=O. The topological polar surface area (TPSA) is 107 Å². The summed E-state index contributed by atoms with van der Waals surface area (Å²) in [5, 5.41) is 17.7. The molecule has 0 fully saturated rings. The van der Waals surface area contributed by atoms with E-state index in [-0.39, 0.29) is 5.69 Å². The van der Waals surface area contributed by atoms with E-state index in [1.54, 1.807) is 6.07 Å². The maximum Gasteiger partial charge on any atom is 0.306 e. The first-order valence-corrected chi connectivity index (χ1v) is 8.62. The Morgan fingerprint density at radius 1 is 1.14 bits per heavy atom. The molecule has 0 spiro atoms. The van der Waals surface area contributed by atoms with Crippen LogP contribution in [0.3, 0.4) is 0 Å². The van der Waals surface area contributed by atoms with Gasteiger partial charge in [0.25, 0.3) is 11.5 Å². The van der Waals surface area contributed by atoms with Gasteiger partial charge in [0, 0.05) is 23.4 Å². The van der Waals surface area contributed by atoms with Crippen LogP contribution in [-0.4, -0.2) is 20.6 Å². The molecule has 0 saturated heterocycles. The molecule has 3 aromatic rings. The summed E-state index contributed by atoms with van der Waals surface area (Å²) in [5.74, 6) is -1.65. The third-order valence-corrected chi connectivity index (χ3v) is 4.36. The van der Waals surface area contributed by atoms with Crippen molar-refractivity contribution in [1.82, 2.24) is 9.78 Å². The van der Waals surface area contributed by atoms with Gasteiger partial charge in [0.1, 0.15) is 5.54 Å². The van der Waals surface area contributed by atoms with Gasteiger partial charge in [-0.3, -0.25) is 19.7 Å². The molecule has 1 N–H and O–H groups in total. The first-order chi connectivity index (χ1) is 13.7. The maximum absolute atomic E-state index is 13.5. The van der Waals surface area contributed by atoms with Gasteiger partial charge in [-0.1, -0.05) is 30.3 Å². The van der Waals surface area contributed by atoms with Crippen LogP contribution in [0.5, 0.6) is 0 Å². The fraction of sp³-hybridized carbons (Fsp3) is 0.150. The number of carbonyl (C=O) groups is 1. The van der Waals surface area contributed by atoms with E-state index in [0.29, 0.717) is 5.69 Å². The number of carbonyl (C=O) groups excluding carboxylic acids is 1. The first-order valence-electron chi connectivity index (χ1n) is 8.62. The van der Waals surface area contributed by atoms with Crippen LogP contribution in [0.4, 0.5) is 15.8 Å². The molecule has 0 atom stereocenters. The van der Waals surface area contributed by atoms with Crippen molar-refractivity contribution in [2.45, 2.75) is 19.4 Å². The minimum Gasteiger partial charge on any atom is -0.324 e. The van der Waals surface area contributed by atoms with Crippen LogP contribution in [0, 0.1) is 15.9 Å². The molecule has 0 radical (unpaired) electrons. The van der Waals surface area contributed by atoms with Gasteiger partial charge in [-0.25, -0.2) is 4.68 Å². The van der Waals surface area contributed by atoms with Gasteiger partial charge >= 0.3 is 5.69 Å². The molecule has 29 heavy (non-hydrogen) atoms. The largest absolute Gasteiger partial charge is 0.324 e. The van der Waals surface area contributed by atoms with Gasteiger partial charge < -0.3 is 5.32 Å². The summed E-state index contributed by atoms with van der Waals surface area (Å²) in [6, 6.07) is 15.0. The summed E-state index contributed by atoms with van der Waals surface area (Å²) in [4.78, 5) is 35.2. The van der Waals surface area contributed by atoms with Crippen molar-refractivity contribution in [2.75, 3.05) is 5.32 Å². The molecule has 2 aromatic carbocycles. The van der Waals surface area contributed by atoms with Crippen molar-refractivity contribution < 1.29 is 14.1 Å². The Labute approximate surface area is 164 Å². The van der Waals surface area contributed by atoms with Crippen molar-refractivity contribution in [3.63, 3.8) is 0 Å². The summed E-state index contributed by atoms with van der Waals surface area (Å²) in [5.41, 5.74) is -1.37. The Kier molecular flexibility index (Phi) is 5.22. The molecule has 0 saturated carbocycles. The number of amides is 1. The van der Waals surface area contributed by atoms with Crippen molar-refractivity contribution in [3.05, 3.63) is 86.9 Å². The van der Waals surface area contributed by atoms with E-state index in [4.69, 9.17) is 0 Å². The van der Waals surface area contributed by atoms with Crippen molar-refractivity contribution >= 4 is 17.3 Å². The number of rotatable bonds is 5. The number of nitro groups is 1. The number of anilines is 1. The zero-order chi connectivity index (χ0) is 21.2. The van der Waals surface area contributed by atoms with Crippen molar-refractivity contribution in [2.24, 2.45) is 0 Å². The van der Waals surface area contributed by atoms with Crippen LogP contribution < -0.4 is 10.9 Å². The Morgan fingerprint density at radius 3 is 2.48 bits per heavy atom. The number of hydrogen-bond acceptors (Lipinski definition) is 5. The normalized spacial score (nSPS) is 11.1. The smallest absolute Gasteiger partial charge is 0.306 e. The minimum atomic E-state index is -1.43. The second-order valence-electron chi connectivity index (χ2n) is 6.77. The van der Waals surface area contributed by atoms with Crippen LogP contribution >= 0.6 is 0 Å². The van der Waals surface area contributed by atoms with Gasteiger partial charge in [0.05, 0.1) is 10.6 Å². The van der Waals surface area contributed by atoms with E-state index in [1.807, 2.05) is 30.3 Å². The summed E-state index contributed by atoms with van der Waals surface area (Å²) in [6.45, 7) is 2.98. The predicted octanol–water partition coefficient (Wildman–Crippen LogP) is 3.33. The van der Waals surface area contributed by atoms with E-state index >= 15 is 0 Å². The number of aromatic nitrogens is 2. The molecule has 1 aromatic heterocycles. The third-order valence-electron chi connectivity index (χ3n) is 4.36. The van der Waals surface area contributed by atoms with Crippen molar-refractivity contribution in [1.29, 1.82) is 0 Å². The molecule has 9 heteroatoms. The summed E-state index contributed by atoms with van der Waals surface area (Å²) in [6.07, 6.45) is 0. The van der Waals surface area contributed by atoms with Crippen LogP contribution in [0.15, 0.2) is 65.5 Å². The molecule has 1 amide bonds. The fourth-order valence-electron chi connectivity index (χ4n) is 2.69. The highest BCUT2D eigenvalue weighted by Crippen LogP contribution is 2.24. The van der Waals surface area contributed by atoms with Gasteiger partial charge in [-0.2, -0.15) is 9.49 Å². The van der Waals surface area contributed by atoms with Crippen molar-refractivity contribution in [3.8, 4) is 11.3 Å². The van der Waals surface area contributed by atoms with E-state index in [1.165, 1.54) is 26.0 Å². The van der Waals surface area contributed by atoms with E-state index < -0.39 is 33.4 Å². The molecule has 148 valence electrons. The molecular weight excluding hydrogens is 379 g/mol. The molecular formula is C20H17FN4O4. The molecule has 0 aliphatic heterocycles. The Bertz CT molecular complexity index is 1140. The lowest BCUT2D eigenvalue weighted by Gasteiger charge is -2.25. The number of nitrogens with zero attached hydrogens (tertiary/aromatic N) is 3. The van der Waals surface area contributed by atoms with Crippen LogP contribution in [0.1, 0.15) is 13.8 Å². The average Bonchev–Trinajstić information content (AvgIpc) is 2.70. The van der Waals surface area contributed by atoms with Gasteiger partial charge in [0.2, 0.25) is 5.82 Å². The minimum absolute atomic E-state index is 0.0310. The van der Waals surface area contributed by atoms with Crippen LogP contribution in [0.2, 0.25) is 0 Å². The third kappa shape index (κ3) is 4.03. The number of nitro benzene ring substituents is 1. The highest BCUT2D eigenvalue weighted by Gasteiger charge is 2.32. The Hall–Kier alpha value is -3.88. The molecule has 0 bridgehead atoms. The quantitative estimate of drug-likeness (QED) is 0.526. The number of halogens is 1. The van der Waals surface area contributed by atoms with E-state index in [0.717, 1.165) is 22.4 Å². The number of hydrogen-bond donors (Lipinski definition) is 1. The lowest BCUT2D eigenvalue weighted by atomic mass is 10.0. The molecule has 0 aliphatic rings. The van der Waals surface area contributed by atoms with E-state index in [2.05, 4.69) is 10.4 Å². The maximum atomic E-state index is 13.5. The molecule has 1 heterocycles. The fourth-order valence-corrected chi connectivity index (χ4v) is 2.69. The monoisotopic (exact) mass is 396 g/mol. The van der Waals surface area contributed by atoms with Gasteiger partial charge in [-0.15, -0.1) is 0 Å². The second-order valence-corrected chi connectivity index (χ2v) is 6.77. The Morgan fingerprint density at radius 2 is 1.83 bits per heavy atom. The lowest BCUT2D eigenvalue weighted by Crippen LogP contribution is -2.47. The summed E-state index contributed by atoms with van der Waals surface area (Å²) >= 11 is 0.